The van der Waals surface area contributed by atoms with E-state index in [2.05, 4.69) is 82.9 Å². The molecule has 260 valence electrons. The highest BCUT2D eigenvalue weighted by atomic mass is 16.2. The average molecular weight is 626 g/mol. The Hall–Kier alpha value is -2.62. The summed E-state index contributed by atoms with van der Waals surface area (Å²) in [5.41, 5.74) is 5.20. The van der Waals surface area contributed by atoms with Gasteiger partial charge in [-0.2, -0.15) is 0 Å². The summed E-state index contributed by atoms with van der Waals surface area (Å²) >= 11 is 0. The third kappa shape index (κ3) is 23.4. The molecule has 0 radical (unpaired) electrons. The van der Waals surface area contributed by atoms with E-state index < -0.39 is 0 Å². The largest absolute Gasteiger partial charge is 0.343 e. The second-order valence-corrected chi connectivity index (χ2v) is 11.4. The molecule has 1 aliphatic heterocycles. The van der Waals surface area contributed by atoms with Crippen LogP contribution in [0.25, 0.3) is 17.7 Å². The van der Waals surface area contributed by atoms with E-state index in [1.165, 1.54) is 74.5 Å². The minimum Gasteiger partial charge on any atom is -0.343 e. The van der Waals surface area contributed by atoms with Crippen molar-refractivity contribution < 1.29 is 4.79 Å². The van der Waals surface area contributed by atoms with E-state index in [9.17, 15) is 4.79 Å². The second kappa shape index (κ2) is 31.4. The summed E-state index contributed by atoms with van der Waals surface area (Å²) in [5.74, 6) is 1.68. The summed E-state index contributed by atoms with van der Waals surface area (Å²) in [6.45, 7) is 36.7. The van der Waals surface area contributed by atoms with Crippen LogP contribution in [-0.4, -0.2) is 33.9 Å². The first-order valence-electron chi connectivity index (χ1n) is 18.2. The molecule has 0 saturated carbocycles. The molecule has 0 bridgehead atoms. The van der Waals surface area contributed by atoms with Crippen molar-refractivity contribution >= 4 is 23.6 Å². The molecule has 4 heteroatoms. The van der Waals surface area contributed by atoms with Crippen molar-refractivity contribution in [1.82, 2.24) is 14.9 Å². The summed E-state index contributed by atoms with van der Waals surface area (Å²) in [4.78, 5) is 20.2. The molecule has 1 atom stereocenters. The zero-order valence-corrected chi connectivity index (χ0v) is 32.3. The molecule has 1 amide bonds. The minimum atomic E-state index is 0.225. The Morgan fingerprint density at radius 3 is 1.87 bits per heavy atom. The highest BCUT2D eigenvalue weighted by molar-refractivity contribution is 5.73. The van der Waals surface area contributed by atoms with Gasteiger partial charge in [-0.1, -0.05) is 149 Å². The van der Waals surface area contributed by atoms with Gasteiger partial charge in [-0.05, 0) is 69.9 Å². The van der Waals surface area contributed by atoms with E-state index in [0.29, 0.717) is 5.92 Å². The summed E-state index contributed by atoms with van der Waals surface area (Å²) < 4.78 is 0. The number of nitrogens with one attached hydrogen (secondary N) is 1. The number of hydrogen-bond donors (Lipinski definition) is 1. The SMILES string of the molecule is C=C(C)c1nc(=C/C)/c(=C\C(C)CC)[nH]1.C=C(CC)C1=CC=C(C)CC1.CC.CC.CC(=O)N1CCCC1.CCCCCCC. The van der Waals surface area contributed by atoms with Crippen molar-refractivity contribution in [3.05, 3.63) is 58.6 Å². The van der Waals surface area contributed by atoms with Crippen molar-refractivity contribution in [2.45, 2.75) is 161 Å². The monoisotopic (exact) mass is 626 g/mol. The maximum Gasteiger partial charge on any atom is 0.219 e. The molecule has 1 aliphatic carbocycles. The number of rotatable bonds is 9. The van der Waals surface area contributed by atoms with Gasteiger partial charge < -0.3 is 9.88 Å². The lowest BCUT2D eigenvalue weighted by molar-refractivity contribution is -0.127. The maximum absolute atomic E-state index is 10.6. The van der Waals surface area contributed by atoms with Gasteiger partial charge in [-0.3, -0.25) is 4.79 Å². The van der Waals surface area contributed by atoms with Crippen LogP contribution in [0.4, 0.5) is 0 Å². The molecule has 1 unspecified atom stereocenters. The maximum atomic E-state index is 10.6. The first-order valence-corrected chi connectivity index (χ1v) is 18.2. The summed E-state index contributed by atoms with van der Waals surface area (Å²) in [6.07, 6.45) is 22.7. The fourth-order valence-electron chi connectivity index (χ4n) is 4.32. The normalized spacial score (nSPS) is 14.6. The first-order chi connectivity index (χ1) is 21.5. The van der Waals surface area contributed by atoms with Crippen LogP contribution in [0.15, 0.2) is 42.0 Å². The van der Waals surface area contributed by atoms with Crippen LogP contribution in [0.5, 0.6) is 0 Å². The van der Waals surface area contributed by atoms with Crippen molar-refractivity contribution in [3.8, 4) is 0 Å². The highest BCUT2D eigenvalue weighted by Gasteiger charge is 2.12. The molecule has 1 fully saturated rings. The van der Waals surface area contributed by atoms with E-state index in [0.717, 1.165) is 48.0 Å². The van der Waals surface area contributed by atoms with E-state index in [1.54, 1.807) is 6.92 Å². The second-order valence-electron chi connectivity index (χ2n) is 11.4. The number of nitrogens with zero attached hydrogens (tertiary/aromatic N) is 2. The predicted molar refractivity (Wildman–Crippen MR) is 206 cm³/mol. The standard InChI is InChI=1S/C13H20N2.C11H16.C7H16.C6H11NO.2C2H6/c1-6-10(5)8-12-11(7-2)14-13(15-12)9(3)4;1-4-10(3)11-7-5-9(2)6-8-11;1-3-5-7-6-4-2;1-6(8)7-4-2-3-5-7;2*1-2/h7-8,10H,3,6H2,1-2,4-5H3,(H,14,15);5,7H,3-4,6,8H2,1-2H3;3-7H2,1-2H3;2-5H2,1H3;2*1-2H3/b11-7+,12-8+;;;;;. The number of amides is 1. The molecular formula is C41H75N3O. The Bertz CT molecular complexity index is 1080. The molecule has 3 rings (SSSR count). The van der Waals surface area contributed by atoms with Crippen LogP contribution in [0.2, 0.25) is 0 Å². The summed E-state index contributed by atoms with van der Waals surface area (Å²) in [6, 6.07) is 0. The van der Waals surface area contributed by atoms with Crippen molar-refractivity contribution in [3.63, 3.8) is 0 Å². The van der Waals surface area contributed by atoms with Gasteiger partial charge in [0, 0.05) is 20.0 Å². The Morgan fingerprint density at radius 2 is 1.51 bits per heavy atom. The van der Waals surface area contributed by atoms with Gasteiger partial charge >= 0.3 is 0 Å². The average Bonchev–Trinajstić information content (AvgIpc) is 3.75. The number of carbonyl (C=O) groups is 1. The molecular weight excluding hydrogens is 550 g/mol. The molecule has 4 nitrogen and oxygen atoms in total. The van der Waals surface area contributed by atoms with E-state index in [-0.39, 0.29) is 5.91 Å². The van der Waals surface area contributed by atoms with Crippen LogP contribution in [0.3, 0.4) is 0 Å². The molecule has 2 heterocycles. The third-order valence-corrected chi connectivity index (χ3v) is 7.53. The molecule has 2 aliphatic rings. The van der Waals surface area contributed by atoms with Crippen molar-refractivity contribution in [2.75, 3.05) is 13.1 Å². The number of aromatic amines is 1. The number of carbonyl (C=O) groups excluding carboxylic acids is 1. The van der Waals surface area contributed by atoms with Crippen LogP contribution >= 0.6 is 0 Å². The number of H-pyrrole nitrogens is 1. The fraction of sp³-hybridized carbons (Fsp3) is 0.659. The Labute approximate surface area is 281 Å². The number of aromatic nitrogens is 2. The number of imidazole rings is 1. The quantitative estimate of drug-likeness (QED) is 0.278. The predicted octanol–water partition coefficient (Wildman–Crippen LogP) is 11.3. The molecule has 1 N–H and O–H groups in total. The van der Waals surface area contributed by atoms with Crippen molar-refractivity contribution in [1.29, 1.82) is 0 Å². The zero-order chi connectivity index (χ0) is 35.2. The third-order valence-electron chi connectivity index (χ3n) is 7.53. The summed E-state index contributed by atoms with van der Waals surface area (Å²) in [5, 5.41) is 2.14. The lowest BCUT2D eigenvalue weighted by Crippen LogP contribution is -2.24. The number of unbranched alkanes of at least 4 members (excludes halogenated alkanes) is 4. The van der Waals surface area contributed by atoms with E-state index >= 15 is 0 Å². The van der Waals surface area contributed by atoms with Crippen LogP contribution in [0, 0.1) is 5.92 Å². The minimum absolute atomic E-state index is 0.225. The number of likely N-dealkylation sites (tertiary alicyclic amines) is 1. The van der Waals surface area contributed by atoms with Gasteiger partial charge in [0.05, 0.1) is 10.7 Å². The molecule has 0 spiro atoms. The number of allylic oxidation sites excluding steroid dienone is 6. The zero-order valence-electron chi connectivity index (χ0n) is 32.3. The van der Waals surface area contributed by atoms with Gasteiger partial charge in [0.25, 0.3) is 0 Å². The topological polar surface area (TPSA) is 49.0 Å². The highest BCUT2D eigenvalue weighted by Crippen LogP contribution is 2.24. The smallest absolute Gasteiger partial charge is 0.219 e. The lowest BCUT2D eigenvalue weighted by Gasteiger charge is -2.12. The van der Waals surface area contributed by atoms with Crippen LogP contribution in [0.1, 0.15) is 166 Å². The van der Waals surface area contributed by atoms with Crippen molar-refractivity contribution in [2.24, 2.45) is 5.92 Å². The Kier molecular flexibility index (Phi) is 32.6. The Morgan fingerprint density at radius 1 is 0.956 bits per heavy atom. The van der Waals surface area contributed by atoms with Gasteiger partial charge in [-0.15, -0.1) is 0 Å². The van der Waals surface area contributed by atoms with E-state index in [4.69, 9.17) is 0 Å². The van der Waals surface area contributed by atoms with Gasteiger partial charge in [-0.25, -0.2) is 4.98 Å². The Balaban J connectivity index is -0.000000523. The summed E-state index contributed by atoms with van der Waals surface area (Å²) in [7, 11) is 0. The number of hydrogen-bond acceptors (Lipinski definition) is 2. The molecule has 1 aromatic heterocycles. The van der Waals surface area contributed by atoms with Gasteiger partial charge in [0.2, 0.25) is 5.91 Å². The lowest BCUT2D eigenvalue weighted by atomic mass is 9.93. The van der Waals surface area contributed by atoms with Gasteiger partial charge in [0.1, 0.15) is 5.82 Å². The fourth-order valence-corrected chi connectivity index (χ4v) is 4.32. The molecule has 1 saturated heterocycles. The molecule has 1 aromatic rings. The van der Waals surface area contributed by atoms with Crippen LogP contribution in [-0.2, 0) is 4.79 Å². The first kappa shape index (κ1) is 46.8. The molecule has 0 aromatic carbocycles. The van der Waals surface area contributed by atoms with Gasteiger partial charge in [0.15, 0.2) is 0 Å². The van der Waals surface area contributed by atoms with E-state index in [1.807, 2.05) is 52.5 Å². The van der Waals surface area contributed by atoms with Crippen LogP contribution < -0.4 is 10.7 Å². The molecule has 45 heavy (non-hydrogen) atoms.